The van der Waals surface area contributed by atoms with E-state index in [0.29, 0.717) is 28.0 Å². The molecule has 4 aromatic rings. The summed E-state index contributed by atoms with van der Waals surface area (Å²) in [6.45, 7) is 3.27. The van der Waals surface area contributed by atoms with Crippen LogP contribution in [-0.2, 0) is 4.79 Å². The SMILES string of the molecule is COc1ccccc1-n1c(SC(C)C(=O)Nc2ccccc2C(C)=O)nnc1-c1cccs1. The number of thioether (sulfide) groups is 1. The topological polar surface area (TPSA) is 86.1 Å². The first-order chi connectivity index (χ1) is 16.0. The van der Waals surface area contributed by atoms with Gasteiger partial charge in [-0.15, -0.1) is 21.5 Å². The number of hydrogen-bond donors (Lipinski definition) is 1. The molecule has 0 aliphatic carbocycles. The van der Waals surface area contributed by atoms with Crippen LogP contribution in [0.4, 0.5) is 5.69 Å². The van der Waals surface area contributed by atoms with Crippen molar-refractivity contribution in [3.63, 3.8) is 0 Å². The summed E-state index contributed by atoms with van der Waals surface area (Å²) < 4.78 is 7.48. The smallest absolute Gasteiger partial charge is 0.237 e. The number of para-hydroxylation sites is 3. The molecule has 0 saturated carbocycles. The van der Waals surface area contributed by atoms with Crippen LogP contribution in [0.15, 0.2) is 71.2 Å². The third-order valence-electron chi connectivity index (χ3n) is 4.92. The Labute approximate surface area is 199 Å². The Balaban J connectivity index is 1.66. The molecule has 0 spiro atoms. The zero-order valence-corrected chi connectivity index (χ0v) is 19.9. The summed E-state index contributed by atoms with van der Waals surface area (Å²) in [5, 5.41) is 13.7. The molecule has 168 valence electrons. The van der Waals surface area contributed by atoms with Gasteiger partial charge in [-0.3, -0.25) is 14.2 Å². The lowest BCUT2D eigenvalue weighted by molar-refractivity contribution is -0.115. The maximum absolute atomic E-state index is 13.0. The standard InChI is InChI=1S/C24H22N4O3S2/c1-15(29)17-9-4-5-10-18(17)25-23(30)16(2)33-24-27-26-22(21-13-8-14-32-21)28(24)19-11-6-7-12-20(19)31-3/h4-14,16H,1-3H3,(H,25,30). The van der Waals surface area contributed by atoms with Gasteiger partial charge in [0, 0.05) is 5.56 Å². The number of ketones is 1. The summed E-state index contributed by atoms with van der Waals surface area (Å²) in [6.07, 6.45) is 0. The largest absolute Gasteiger partial charge is 0.495 e. The molecule has 9 heteroatoms. The van der Waals surface area contributed by atoms with Crippen LogP contribution in [0.1, 0.15) is 24.2 Å². The second kappa shape index (κ2) is 10.0. The highest BCUT2D eigenvalue weighted by Gasteiger charge is 2.24. The number of aromatic nitrogens is 3. The van der Waals surface area contributed by atoms with Crippen molar-refractivity contribution < 1.29 is 14.3 Å². The highest BCUT2D eigenvalue weighted by Crippen LogP contribution is 2.35. The Morgan fingerprint density at radius 1 is 1.06 bits per heavy atom. The van der Waals surface area contributed by atoms with Gasteiger partial charge in [0.05, 0.1) is 28.6 Å². The maximum Gasteiger partial charge on any atom is 0.237 e. The first-order valence-corrected chi connectivity index (χ1v) is 12.0. The molecule has 0 bridgehead atoms. The number of carbonyl (C=O) groups excluding carboxylic acids is 2. The summed E-state index contributed by atoms with van der Waals surface area (Å²) in [7, 11) is 1.61. The first kappa shape index (κ1) is 22.8. The number of methoxy groups -OCH3 is 1. The number of hydrogen-bond acceptors (Lipinski definition) is 7. The zero-order valence-electron chi connectivity index (χ0n) is 18.3. The van der Waals surface area contributed by atoms with Gasteiger partial charge in [-0.1, -0.05) is 42.1 Å². The fourth-order valence-electron chi connectivity index (χ4n) is 3.29. The Hall–Kier alpha value is -3.43. The van der Waals surface area contributed by atoms with Gasteiger partial charge in [-0.05, 0) is 49.6 Å². The number of amides is 1. The number of ether oxygens (including phenoxy) is 1. The van der Waals surface area contributed by atoms with Crippen molar-refractivity contribution in [2.45, 2.75) is 24.3 Å². The van der Waals surface area contributed by atoms with Crippen molar-refractivity contribution in [3.8, 4) is 22.1 Å². The van der Waals surface area contributed by atoms with Crippen molar-refractivity contribution in [2.24, 2.45) is 0 Å². The van der Waals surface area contributed by atoms with Gasteiger partial charge in [0.1, 0.15) is 5.75 Å². The van der Waals surface area contributed by atoms with E-state index in [0.717, 1.165) is 10.6 Å². The molecule has 0 radical (unpaired) electrons. The molecule has 0 saturated heterocycles. The summed E-state index contributed by atoms with van der Waals surface area (Å²) in [5.74, 6) is 1.000. The lowest BCUT2D eigenvalue weighted by Gasteiger charge is -2.16. The van der Waals surface area contributed by atoms with E-state index in [1.54, 1.807) is 49.6 Å². The van der Waals surface area contributed by atoms with Crippen LogP contribution in [-0.4, -0.2) is 38.8 Å². The molecule has 2 aromatic heterocycles. The first-order valence-electron chi connectivity index (χ1n) is 10.2. The fourth-order valence-corrected chi connectivity index (χ4v) is 4.85. The summed E-state index contributed by atoms with van der Waals surface area (Å²) in [5.41, 5.74) is 1.75. The van der Waals surface area contributed by atoms with E-state index in [4.69, 9.17) is 4.74 Å². The summed E-state index contributed by atoms with van der Waals surface area (Å²) in [6, 6.07) is 18.5. The van der Waals surface area contributed by atoms with Crippen LogP contribution in [0.25, 0.3) is 16.4 Å². The molecular weight excluding hydrogens is 456 g/mol. The van der Waals surface area contributed by atoms with Crippen LogP contribution in [0.2, 0.25) is 0 Å². The molecule has 0 fully saturated rings. The number of benzene rings is 2. The van der Waals surface area contributed by atoms with Gasteiger partial charge < -0.3 is 10.1 Å². The van der Waals surface area contributed by atoms with E-state index in [9.17, 15) is 9.59 Å². The molecule has 0 aliphatic heterocycles. The third-order valence-corrected chi connectivity index (χ3v) is 6.83. The molecule has 4 rings (SSSR count). The minimum atomic E-state index is -0.501. The van der Waals surface area contributed by atoms with Crippen LogP contribution < -0.4 is 10.1 Å². The number of nitrogens with zero attached hydrogens (tertiary/aromatic N) is 3. The molecule has 33 heavy (non-hydrogen) atoms. The molecule has 1 amide bonds. The lowest BCUT2D eigenvalue weighted by Crippen LogP contribution is -2.24. The second-order valence-electron chi connectivity index (χ2n) is 7.14. The highest BCUT2D eigenvalue weighted by molar-refractivity contribution is 8.00. The molecule has 1 N–H and O–H groups in total. The molecule has 7 nitrogen and oxygen atoms in total. The molecule has 1 atom stereocenters. The zero-order chi connectivity index (χ0) is 23.4. The van der Waals surface area contributed by atoms with Gasteiger partial charge in [0.15, 0.2) is 16.8 Å². The van der Waals surface area contributed by atoms with Gasteiger partial charge in [-0.25, -0.2) is 0 Å². The molecule has 1 unspecified atom stereocenters. The van der Waals surface area contributed by atoms with Crippen LogP contribution in [0.5, 0.6) is 5.75 Å². The summed E-state index contributed by atoms with van der Waals surface area (Å²) >= 11 is 2.84. The van der Waals surface area contributed by atoms with Gasteiger partial charge in [-0.2, -0.15) is 0 Å². The lowest BCUT2D eigenvalue weighted by atomic mass is 10.1. The monoisotopic (exact) mass is 478 g/mol. The van der Waals surface area contributed by atoms with Gasteiger partial charge in [0.2, 0.25) is 5.91 Å². The fraction of sp³-hybridized carbons (Fsp3) is 0.167. The maximum atomic E-state index is 13.0. The minimum Gasteiger partial charge on any atom is -0.495 e. The Kier molecular flexibility index (Phi) is 6.90. The van der Waals surface area contributed by atoms with E-state index in [1.807, 2.05) is 46.3 Å². The average Bonchev–Trinajstić information content (AvgIpc) is 3.49. The quantitative estimate of drug-likeness (QED) is 0.272. The van der Waals surface area contributed by atoms with Crippen molar-refractivity contribution in [1.29, 1.82) is 0 Å². The van der Waals surface area contributed by atoms with E-state index in [1.165, 1.54) is 18.7 Å². The predicted octanol–water partition coefficient (Wildman–Crippen LogP) is 5.33. The molecule has 2 aromatic carbocycles. The number of carbonyl (C=O) groups is 2. The third kappa shape index (κ3) is 4.84. The second-order valence-corrected chi connectivity index (χ2v) is 9.40. The Morgan fingerprint density at radius 3 is 2.55 bits per heavy atom. The Bertz CT molecular complexity index is 1280. The van der Waals surface area contributed by atoms with Crippen LogP contribution in [0, 0.1) is 0 Å². The number of nitrogens with one attached hydrogen (secondary N) is 1. The van der Waals surface area contributed by atoms with Crippen molar-refractivity contribution in [1.82, 2.24) is 14.8 Å². The van der Waals surface area contributed by atoms with Crippen molar-refractivity contribution >= 4 is 40.5 Å². The molecule has 2 heterocycles. The number of anilines is 1. The average molecular weight is 479 g/mol. The van der Waals surface area contributed by atoms with Crippen LogP contribution in [0.3, 0.4) is 0 Å². The minimum absolute atomic E-state index is 0.109. The predicted molar refractivity (Wildman–Crippen MR) is 132 cm³/mol. The van der Waals surface area contributed by atoms with Crippen molar-refractivity contribution in [3.05, 3.63) is 71.6 Å². The van der Waals surface area contributed by atoms with E-state index < -0.39 is 5.25 Å². The highest BCUT2D eigenvalue weighted by atomic mass is 32.2. The number of thiophene rings is 1. The number of rotatable bonds is 8. The van der Waals surface area contributed by atoms with E-state index in [-0.39, 0.29) is 11.7 Å². The summed E-state index contributed by atoms with van der Waals surface area (Å²) in [4.78, 5) is 25.8. The van der Waals surface area contributed by atoms with E-state index in [2.05, 4.69) is 15.5 Å². The Morgan fingerprint density at radius 2 is 1.82 bits per heavy atom. The molecule has 0 aliphatic rings. The van der Waals surface area contributed by atoms with Crippen molar-refractivity contribution in [2.75, 3.05) is 12.4 Å². The van der Waals surface area contributed by atoms with E-state index >= 15 is 0 Å². The molecular formula is C24H22N4O3S2. The van der Waals surface area contributed by atoms with Crippen LogP contribution >= 0.6 is 23.1 Å². The normalized spacial score (nSPS) is 11.7. The van der Waals surface area contributed by atoms with Gasteiger partial charge >= 0.3 is 0 Å². The number of Topliss-reactive ketones (excluding diaryl/α,β-unsaturated/α-hetero) is 1. The van der Waals surface area contributed by atoms with Gasteiger partial charge in [0.25, 0.3) is 0 Å².